The number of hydrogen-bond acceptors (Lipinski definition) is 6. The van der Waals surface area contributed by atoms with E-state index in [0.717, 1.165) is 0 Å². The van der Waals surface area contributed by atoms with Crippen LogP contribution in [0.15, 0.2) is 72.8 Å². The number of esters is 1. The first-order valence-corrected chi connectivity index (χ1v) is 10.4. The number of ether oxygens (including phenoxy) is 3. The molecule has 0 bridgehead atoms. The maximum atomic E-state index is 12.7. The number of benzene rings is 3. The van der Waals surface area contributed by atoms with Crippen molar-refractivity contribution in [3.05, 3.63) is 89.5 Å². The van der Waals surface area contributed by atoms with Crippen LogP contribution < -0.4 is 14.8 Å². The third kappa shape index (κ3) is 5.77. The van der Waals surface area contributed by atoms with E-state index in [9.17, 15) is 14.4 Å². The number of nitrogens with one attached hydrogen (secondary N) is 1. The van der Waals surface area contributed by atoms with E-state index in [1.54, 1.807) is 67.6 Å². The standard InChI is InChI=1S/C26H25NO6/c1-4-21(24(28)17-9-6-5-7-10-17)33-26(30)19-11-8-12-20(15-19)27-25(29)18-13-14-22(31-2)23(16-18)32-3/h5-16,21H,4H2,1-3H3,(H,27,29). The summed E-state index contributed by atoms with van der Waals surface area (Å²) in [6, 6.07) is 19.8. The Kier molecular flexibility index (Phi) is 7.81. The van der Waals surface area contributed by atoms with E-state index in [-0.39, 0.29) is 17.3 Å². The van der Waals surface area contributed by atoms with E-state index < -0.39 is 12.1 Å². The van der Waals surface area contributed by atoms with Gasteiger partial charge in [-0.3, -0.25) is 9.59 Å². The molecule has 0 heterocycles. The van der Waals surface area contributed by atoms with Crippen LogP contribution in [0.2, 0.25) is 0 Å². The lowest BCUT2D eigenvalue weighted by Crippen LogP contribution is -2.27. The Morgan fingerprint density at radius 2 is 1.48 bits per heavy atom. The van der Waals surface area contributed by atoms with Crippen LogP contribution in [-0.4, -0.2) is 38.0 Å². The van der Waals surface area contributed by atoms with E-state index in [2.05, 4.69) is 5.32 Å². The molecule has 1 unspecified atom stereocenters. The molecule has 3 rings (SSSR count). The molecule has 0 aromatic heterocycles. The molecule has 3 aromatic rings. The number of ketones is 1. The third-order valence-corrected chi connectivity index (χ3v) is 4.97. The van der Waals surface area contributed by atoms with Crippen LogP contribution in [0.5, 0.6) is 11.5 Å². The fourth-order valence-corrected chi connectivity index (χ4v) is 3.21. The Hall–Kier alpha value is -4.13. The minimum absolute atomic E-state index is 0.222. The summed E-state index contributed by atoms with van der Waals surface area (Å²) in [5.74, 6) is -0.352. The predicted molar refractivity (Wildman–Crippen MR) is 124 cm³/mol. The zero-order chi connectivity index (χ0) is 23.8. The van der Waals surface area contributed by atoms with Gasteiger partial charge >= 0.3 is 5.97 Å². The minimum atomic E-state index is -0.898. The van der Waals surface area contributed by atoms with Crippen molar-refractivity contribution in [2.75, 3.05) is 19.5 Å². The lowest BCUT2D eigenvalue weighted by molar-refractivity contribution is 0.0277. The molecular weight excluding hydrogens is 422 g/mol. The van der Waals surface area contributed by atoms with Gasteiger partial charge < -0.3 is 19.5 Å². The summed E-state index contributed by atoms with van der Waals surface area (Å²) < 4.78 is 15.9. The fraction of sp³-hybridized carbons (Fsp3) is 0.192. The maximum Gasteiger partial charge on any atom is 0.338 e. The highest BCUT2D eigenvalue weighted by atomic mass is 16.5. The number of amides is 1. The molecule has 0 saturated heterocycles. The average Bonchev–Trinajstić information content (AvgIpc) is 2.86. The fourth-order valence-electron chi connectivity index (χ4n) is 3.21. The highest BCUT2D eigenvalue weighted by Crippen LogP contribution is 2.28. The van der Waals surface area contributed by atoms with Gasteiger partial charge in [-0.15, -0.1) is 0 Å². The molecule has 0 aliphatic rings. The number of anilines is 1. The van der Waals surface area contributed by atoms with Crippen LogP contribution in [0.25, 0.3) is 0 Å². The van der Waals surface area contributed by atoms with Gasteiger partial charge in [0.05, 0.1) is 19.8 Å². The van der Waals surface area contributed by atoms with Crippen molar-refractivity contribution >= 4 is 23.3 Å². The van der Waals surface area contributed by atoms with Crippen LogP contribution in [0.3, 0.4) is 0 Å². The highest BCUT2D eigenvalue weighted by Gasteiger charge is 2.23. The van der Waals surface area contributed by atoms with Crippen molar-refractivity contribution in [2.45, 2.75) is 19.4 Å². The molecule has 3 aromatic carbocycles. The van der Waals surface area contributed by atoms with Crippen molar-refractivity contribution in [2.24, 2.45) is 0 Å². The molecule has 1 amide bonds. The topological polar surface area (TPSA) is 90.9 Å². The smallest absolute Gasteiger partial charge is 0.338 e. The van der Waals surface area contributed by atoms with Crippen molar-refractivity contribution < 1.29 is 28.6 Å². The molecule has 1 atom stereocenters. The largest absolute Gasteiger partial charge is 0.493 e. The lowest BCUT2D eigenvalue weighted by atomic mass is 10.0. The van der Waals surface area contributed by atoms with Gasteiger partial charge in [0.2, 0.25) is 5.78 Å². The minimum Gasteiger partial charge on any atom is -0.493 e. The van der Waals surface area contributed by atoms with Crippen molar-refractivity contribution in [1.29, 1.82) is 0 Å². The van der Waals surface area contributed by atoms with Crippen LogP contribution in [-0.2, 0) is 4.74 Å². The van der Waals surface area contributed by atoms with Crippen LogP contribution in [0.1, 0.15) is 44.4 Å². The van der Waals surface area contributed by atoms with E-state index in [4.69, 9.17) is 14.2 Å². The van der Waals surface area contributed by atoms with Gasteiger partial charge in [-0.05, 0) is 42.8 Å². The molecule has 33 heavy (non-hydrogen) atoms. The molecule has 0 spiro atoms. The van der Waals surface area contributed by atoms with Crippen LogP contribution >= 0.6 is 0 Å². The second-order valence-corrected chi connectivity index (χ2v) is 7.14. The van der Waals surface area contributed by atoms with Gasteiger partial charge in [-0.1, -0.05) is 43.3 Å². The SMILES string of the molecule is CCC(OC(=O)c1cccc(NC(=O)c2ccc(OC)c(OC)c2)c1)C(=O)c1ccccc1. The second-order valence-electron chi connectivity index (χ2n) is 7.14. The van der Waals surface area contributed by atoms with E-state index in [1.165, 1.54) is 20.3 Å². The Labute approximate surface area is 192 Å². The number of carbonyl (C=O) groups excluding carboxylic acids is 3. The Bertz CT molecular complexity index is 1140. The summed E-state index contributed by atoms with van der Waals surface area (Å²) in [6.07, 6.45) is -0.556. The van der Waals surface area contributed by atoms with Crippen molar-refractivity contribution in [3.8, 4) is 11.5 Å². The van der Waals surface area contributed by atoms with Gasteiger partial charge in [-0.2, -0.15) is 0 Å². The van der Waals surface area contributed by atoms with Gasteiger partial charge in [0.1, 0.15) is 0 Å². The first kappa shape index (κ1) is 23.5. The van der Waals surface area contributed by atoms with Gasteiger partial charge in [0.15, 0.2) is 17.6 Å². The van der Waals surface area contributed by atoms with E-state index in [1.807, 2.05) is 6.07 Å². The first-order valence-electron chi connectivity index (χ1n) is 10.4. The number of hydrogen-bond donors (Lipinski definition) is 1. The molecule has 0 aliphatic carbocycles. The quantitative estimate of drug-likeness (QED) is 0.375. The Morgan fingerprint density at radius 1 is 0.788 bits per heavy atom. The first-order chi connectivity index (χ1) is 16.0. The number of methoxy groups -OCH3 is 2. The molecule has 7 heteroatoms. The van der Waals surface area contributed by atoms with Crippen molar-refractivity contribution in [3.63, 3.8) is 0 Å². The van der Waals surface area contributed by atoms with Crippen LogP contribution in [0, 0.1) is 0 Å². The molecule has 0 saturated carbocycles. The Balaban J connectivity index is 1.71. The van der Waals surface area contributed by atoms with Gasteiger partial charge in [0.25, 0.3) is 5.91 Å². The zero-order valence-electron chi connectivity index (χ0n) is 18.7. The predicted octanol–water partition coefficient (Wildman–Crippen LogP) is 4.77. The molecule has 0 radical (unpaired) electrons. The maximum absolute atomic E-state index is 12.7. The second kappa shape index (κ2) is 10.9. The molecule has 0 aliphatic heterocycles. The lowest BCUT2D eigenvalue weighted by Gasteiger charge is -2.15. The highest BCUT2D eigenvalue weighted by molar-refractivity contribution is 6.05. The van der Waals surface area contributed by atoms with Crippen molar-refractivity contribution in [1.82, 2.24) is 0 Å². The molecule has 0 fully saturated rings. The summed E-state index contributed by atoms with van der Waals surface area (Å²) in [5, 5.41) is 2.75. The van der Waals surface area contributed by atoms with E-state index >= 15 is 0 Å². The summed E-state index contributed by atoms with van der Waals surface area (Å²) in [6.45, 7) is 1.78. The molecular formula is C26H25NO6. The van der Waals surface area contributed by atoms with Gasteiger partial charge in [-0.25, -0.2) is 4.79 Å². The summed E-state index contributed by atoms with van der Waals surface area (Å²) >= 11 is 0. The van der Waals surface area contributed by atoms with E-state index in [0.29, 0.717) is 34.7 Å². The monoisotopic (exact) mass is 447 g/mol. The summed E-state index contributed by atoms with van der Waals surface area (Å²) in [7, 11) is 3.00. The summed E-state index contributed by atoms with van der Waals surface area (Å²) in [4.78, 5) is 38.0. The average molecular weight is 447 g/mol. The van der Waals surface area contributed by atoms with Gasteiger partial charge in [0, 0.05) is 16.8 Å². The third-order valence-electron chi connectivity index (χ3n) is 4.97. The molecule has 7 nitrogen and oxygen atoms in total. The molecule has 1 N–H and O–H groups in total. The number of carbonyl (C=O) groups is 3. The number of rotatable bonds is 9. The normalized spacial score (nSPS) is 11.2. The Morgan fingerprint density at radius 3 is 2.15 bits per heavy atom. The zero-order valence-corrected chi connectivity index (χ0v) is 18.7. The van der Waals surface area contributed by atoms with Crippen LogP contribution in [0.4, 0.5) is 5.69 Å². The molecule has 170 valence electrons. The number of Topliss-reactive ketones (excluding diaryl/α,β-unsaturated/α-hetero) is 1. The summed E-state index contributed by atoms with van der Waals surface area (Å²) in [5.41, 5.74) is 1.47.